The van der Waals surface area contributed by atoms with Crippen molar-refractivity contribution in [2.24, 2.45) is 0 Å². The lowest BCUT2D eigenvalue weighted by Gasteiger charge is -2.26. The van der Waals surface area contributed by atoms with E-state index in [4.69, 9.17) is 0 Å². The molecule has 0 bridgehead atoms. The molecule has 25 heavy (non-hydrogen) atoms. The van der Waals surface area contributed by atoms with Gasteiger partial charge in [0.05, 0.1) is 17.9 Å². The van der Waals surface area contributed by atoms with Gasteiger partial charge < -0.3 is 10.0 Å². The highest BCUT2D eigenvalue weighted by molar-refractivity contribution is 5.95. The molecule has 0 saturated carbocycles. The number of hydrogen-bond donors (Lipinski definition) is 1. The largest absolute Gasteiger partial charge is 0.388 e. The molecule has 1 fully saturated rings. The highest BCUT2D eigenvalue weighted by Gasteiger charge is 2.32. The van der Waals surface area contributed by atoms with Crippen LogP contribution >= 0.6 is 0 Å². The van der Waals surface area contributed by atoms with E-state index in [1.165, 1.54) is 0 Å². The Morgan fingerprint density at radius 3 is 2.68 bits per heavy atom. The molecular formula is C20H27N3O2. The van der Waals surface area contributed by atoms with E-state index >= 15 is 0 Å². The molecule has 1 aliphatic heterocycles. The van der Waals surface area contributed by atoms with Gasteiger partial charge in [-0.25, -0.2) is 0 Å². The molecule has 1 amide bonds. The Labute approximate surface area is 149 Å². The minimum atomic E-state index is -0.543. The summed E-state index contributed by atoms with van der Waals surface area (Å²) in [6, 6.07) is 9.97. The predicted molar refractivity (Wildman–Crippen MR) is 97.4 cm³/mol. The fourth-order valence-corrected chi connectivity index (χ4v) is 3.73. The lowest BCUT2D eigenvalue weighted by molar-refractivity contribution is 0.0666. The first-order valence-electron chi connectivity index (χ1n) is 9.07. The smallest absolute Gasteiger partial charge is 0.257 e. The fraction of sp³-hybridized carbons (Fsp3) is 0.500. The van der Waals surface area contributed by atoms with Crippen LogP contribution in [-0.4, -0.2) is 38.3 Å². The Bertz CT molecular complexity index is 724. The third-order valence-corrected chi connectivity index (χ3v) is 5.08. The van der Waals surface area contributed by atoms with Crippen LogP contribution in [0.3, 0.4) is 0 Å². The van der Waals surface area contributed by atoms with Gasteiger partial charge in [0.2, 0.25) is 0 Å². The summed E-state index contributed by atoms with van der Waals surface area (Å²) >= 11 is 0. The topological polar surface area (TPSA) is 58.4 Å². The number of likely N-dealkylation sites (tertiary alicyclic amines) is 1. The third kappa shape index (κ3) is 3.61. The second-order valence-corrected chi connectivity index (χ2v) is 7.14. The van der Waals surface area contributed by atoms with E-state index < -0.39 is 6.10 Å². The van der Waals surface area contributed by atoms with Crippen molar-refractivity contribution >= 4 is 5.91 Å². The Kier molecular flexibility index (Phi) is 5.23. The Balaban J connectivity index is 1.74. The molecule has 5 heteroatoms. The number of hydrogen-bond acceptors (Lipinski definition) is 3. The highest BCUT2D eigenvalue weighted by Crippen LogP contribution is 2.29. The number of carbonyl (C=O) groups is 1. The molecule has 1 saturated heterocycles. The van der Waals surface area contributed by atoms with E-state index in [9.17, 15) is 9.90 Å². The van der Waals surface area contributed by atoms with Crippen LogP contribution in [0.5, 0.6) is 0 Å². The summed E-state index contributed by atoms with van der Waals surface area (Å²) in [6.07, 6.45) is 3.63. The van der Waals surface area contributed by atoms with Crippen LogP contribution < -0.4 is 0 Å². The number of rotatable bonds is 5. The zero-order valence-corrected chi connectivity index (χ0v) is 15.2. The average Bonchev–Trinajstić information content (AvgIpc) is 3.21. The van der Waals surface area contributed by atoms with E-state index in [0.717, 1.165) is 30.6 Å². The van der Waals surface area contributed by atoms with Gasteiger partial charge in [-0.1, -0.05) is 30.3 Å². The molecule has 2 heterocycles. The number of benzene rings is 1. The Hall–Kier alpha value is -2.14. The minimum Gasteiger partial charge on any atom is -0.388 e. The van der Waals surface area contributed by atoms with E-state index in [-0.39, 0.29) is 18.0 Å². The van der Waals surface area contributed by atoms with E-state index in [1.54, 1.807) is 6.20 Å². The van der Waals surface area contributed by atoms with Gasteiger partial charge in [-0.05, 0) is 45.6 Å². The van der Waals surface area contributed by atoms with E-state index in [2.05, 4.69) is 18.9 Å². The van der Waals surface area contributed by atoms with Crippen LogP contribution in [0.1, 0.15) is 66.9 Å². The van der Waals surface area contributed by atoms with Crippen LogP contribution in [0, 0.1) is 6.92 Å². The SMILES string of the molecule is Cc1c(C(=O)N2CCCC2CC(O)c2ccccc2)cnn1C(C)C. The molecule has 1 aromatic heterocycles. The summed E-state index contributed by atoms with van der Waals surface area (Å²) < 4.78 is 1.89. The predicted octanol–water partition coefficient (Wildman–Crippen LogP) is 3.50. The number of aliphatic hydroxyl groups excluding tert-OH is 1. The van der Waals surface area contributed by atoms with E-state index in [0.29, 0.717) is 12.0 Å². The lowest BCUT2D eigenvalue weighted by Crippen LogP contribution is -2.36. The quantitative estimate of drug-likeness (QED) is 0.905. The first-order chi connectivity index (χ1) is 12.0. The second-order valence-electron chi connectivity index (χ2n) is 7.14. The molecule has 1 aromatic carbocycles. The van der Waals surface area contributed by atoms with Crippen molar-refractivity contribution in [3.05, 3.63) is 53.3 Å². The van der Waals surface area contributed by atoms with Gasteiger partial charge in [0, 0.05) is 24.3 Å². The maximum Gasteiger partial charge on any atom is 0.257 e. The Morgan fingerprint density at radius 1 is 1.32 bits per heavy atom. The van der Waals surface area contributed by atoms with Gasteiger partial charge in [0.1, 0.15) is 0 Å². The zero-order chi connectivity index (χ0) is 18.0. The van der Waals surface area contributed by atoms with Gasteiger partial charge in [-0.2, -0.15) is 5.10 Å². The van der Waals surface area contributed by atoms with Crippen molar-refractivity contribution in [2.75, 3.05) is 6.54 Å². The van der Waals surface area contributed by atoms with Crippen molar-refractivity contribution in [3.63, 3.8) is 0 Å². The number of amides is 1. The molecular weight excluding hydrogens is 314 g/mol. The third-order valence-electron chi connectivity index (χ3n) is 5.08. The first kappa shape index (κ1) is 17.7. The van der Waals surface area contributed by atoms with Crippen molar-refractivity contribution in [3.8, 4) is 0 Å². The standard InChI is InChI=1S/C20H27N3O2/c1-14(2)23-15(3)18(13-21-23)20(25)22-11-7-10-17(22)12-19(24)16-8-5-4-6-9-16/h4-6,8-9,13-14,17,19,24H,7,10-12H2,1-3H3. The molecule has 0 aliphatic carbocycles. The zero-order valence-electron chi connectivity index (χ0n) is 15.2. The number of aliphatic hydroxyl groups is 1. The Morgan fingerprint density at radius 2 is 2.04 bits per heavy atom. The van der Waals surface area contributed by atoms with Gasteiger partial charge >= 0.3 is 0 Å². The maximum absolute atomic E-state index is 13.0. The molecule has 0 radical (unpaired) electrons. The van der Waals surface area contributed by atoms with Crippen LogP contribution in [0.25, 0.3) is 0 Å². The summed E-state index contributed by atoms with van der Waals surface area (Å²) in [5.41, 5.74) is 2.50. The van der Waals surface area contributed by atoms with Gasteiger partial charge in [-0.3, -0.25) is 9.48 Å². The normalized spacial score (nSPS) is 18.8. The van der Waals surface area contributed by atoms with E-state index in [1.807, 2.05) is 46.8 Å². The molecule has 1 N–H and O–H groups in total. The summed E-state index contributed by atoms with van der Waals surface area (Å²) in [5, 5.41) is 14.9. The fourth-order valence-electron chi connectivity index (χ4n) is 3.73. The molecule has 1 aliphatic rings. The summed E-state index contributed by atoms with van der Waals surface area (Å²) in [5.74, 6) is 0.0344. The second kappa shape index (κ2) is 7.40. The van der Waals surface area contributed by atoms with Crippen LogP contribution in [0.15, 0.2) is 36.5 Å². The van der Waals surface area contributed by atoms with Crippen molar-refractivity contribution in [1.29, 1.82) is 0 Å². The van der Waals surface area contributed by atoms with Crippen molar-refractivity contribution in [2.45, 2.75) is 58.2 Å². The highest BCUT2D eigenvalue weighted by atomic mass is 16.3. The molecule has 0 spiro atoms. The molecule has 3 rings (SSSR count). The number of carbonyl (C=O) groups excluding carboxylic acids is 1. The van der Waals surface area contributed by atoms with Crippen LogP contribution in [-0.2, 0) is 0 Å². The van der Waals surface area contributed by atoms with Gasteiger partial charge in [0.25, 0.3) is 5.91 Å². The van der Waals surface area contributed by atoms with Crippen LogP contribution in [0.4, 0.5) is 0 Å². The number of aromatic nitrogens is 2. The summed E-state index contributed by atoms with van der Waals surface area (Å²) in [4.78, 5) is 14.9. The van der Waals surface area contributed by atoms with Gasteiger partial charge in [0.15, 0.2) is 0 Å². The molecule has 2 atom stereocenters. The number of nitrogens with zero attached hydrogens (tertiary/aromatic N) is 3. The van der Waals surface area contributed by atoms with Crippen molar-refractivity contribution < 1.29 is 9.90 Å². The van der Waals surface area contributed by atoms with Crippen LogP contribution in [0.2, 0.25) is 0 Å². The summed E-state index contributed by atoms with van der Waals surface area (Å²) in [6.45, 7) is 6.81. The minimum absolute atomic E-state index is 0.0344. The van der Waals surface area contributed by atoms with Gasteiger partial charge in [-0.15, -0.1) is 0 Å². The van der Waals surface area contributed by atoms with Crippen molar-refractivity contribution in [1.82, 2.24) is 14.7 Å². The molecule has 134 valence electrons. The lowest BCUT2D eigenvalue weighted by atomic mass is 10.00. The average molecular weight is 341 g/mol. The maximum atomic E-state index is 13.0. The molecule has 2 unspecified atom stereocenters. The monoisotopic (exact) mass is 341 g/mol. The first-order valence-corrected chi connectivity index (χ1v) is 9.07. The molecule has 5 nitrogen and oxygen atoms in total. The molecule has 2 aromatic rings. The summed E-state index contributed by atoms with van der Waals surface area (Å²) in [7, 11) is 0.